The third kappa shape index (κ3) is 3.59. The summed E-state index contributed by atoms with van der Waals surface area (Å²) in [6, 6.07) is 0. The van der Waals surface area contributed by atoms with Crippen LogP contribution in [0.4, 0.5) is 0 Å². The molecule has 0 radical (unpaired) electrons. The van der Waals surface area contributed by atoms with E-state index in [1.807, 2.05) is 19.9 Å². The van der Waals surface area contributed by atoms with Crippen molar-refractivity contribution in [3.05, 3.63) is 33.9 Å². The van der Waals surface area contributed by atoms with Crippen molar-refractivity contribution in [2.45, 2.75) is 57.7 Å². The predicted molar refractivity (Wildman–Crippen MR) is 112 cm³/mol. The minimum absolute atomic E-state index is 0.0169. The molecule has 0 aliphatic heterocycles. The van der Waals surface area contributed by atoms with Crippen LogP contribution in [0.25, 0.3) is 0 Å². The Balaban J connectivity index is 1.54. The first-order valence-corrected chi connectivity index (χ1v) is 11.2. The zero-order valence-electron chi connectivity index (χ0n) is 18.7. The van der Waals surface area contributed by atoms with Crippen LogP contribution >= 0.6 is 0 Å². The van der Waals surface area contributed by atoms with Crippen molar-refractivity contribution in [1.82, 2.24) is 0 Å². The number of esters is 1. The molecule has 10 heteroatoms. The molecule has 0 unspecified atom stereocenters. The first kappa shape index (κ1) is 23.6. The highest BCUT2D eigenvalue weighted by atomic mass is 17.0. The van der Waals surface area contributed by atoms with E-state index in [0.717, 1.165) is 5.57 Å². The molecule has 4 rings (SSSR count). The van der Waals surface area contributed by atoms with Crippen molar-refractivity contribution in [3.63, 3.8) is 0 Å². The number of aliphatic hydroxyl groups excluding tert-OH is 1. The fraction of sp³-hybridized carbons (Fsp3) is 0.696. The molecule has 0 aromatic carbocycles. The van der Waals surface area contributed by atoms with Gasteiger partial charge in [-0.2, -0.15) is 0 Å². The van der Waals surface area contributed by atoms with Gasteiger partial charge >= 0.3 is 5.97 Å². The molecule has 180 valence electrons. The maximum Gasteiger partial charge on any atom is 0.332 e. The van der Waals surface area contributed by atoms with E-state index in [9.17, 15) is 34.7 Å². The molecule has 2 N–H and O–H groups in total. The first-order valence-electron chi connectivity index (χ1n) is 11.2. The highest BCUT2D eigenvalue weighted by molar-refractivity contribution is 5.93. The van der Waals surface area contributed by atoms with Gasteiger partial charge in [-0.1, -0.05) is 31.6 Å². The summed E-state index contributed by atoms with van der Waals surface area (Å²) in [4.78, 5) is 50.7. The molecule has 0 aromatic heterocycles. The van der Waals surface area contributed by atoms with Crippen LogP contribution in [-0.4, -0.2) is 57.8 Å². The van der Waals surface area contributed by atoms with E-state index in [2.05, 4.69) is 10.9 Å². The molecule has 0 amide bonds. The maximum atomic E-state index is 13.0. The monoisotopic (exact) mass is 463 g/mol. The summed E-state index contributed by atoms with van der Waals surface area (Å²) in [6.07, 6.45) is 6.72. The lowest BCUT2D eigenvalue weighted by Crippen LogP contribution is -2.61. The average Bonchev–Trinajstić information content (AvgIpc) is 3.02. The molecule has 0 aromatic rings. The average molecular weight is 463 g/mol. The summed E-state index contributed by atoms with van der Waals surface area (Å²) >= 11 is 0. The molecule has 0 saturated heterocycles. The number of allylic oxidation sites excluding steroid dienone is 4. The lowest BCUT2D eigenvalue weighted by atomic mass is 9.47. The van der Waals surface area contributed by atoms with Gasteiger partial charge in [0.05, 0.1) is 6.10 Å². The Morgan fingerprint density at radius 3 is 2.73 bits per heavy atom. The fourth-order valence-electron chi connectivity index (χ4n) is 7.11. The minimum Gasteiger partial charge on any atom is -0.456 e. The van der Waals surface area contributed by atoms with Gasteiger partial charge in [-0.25, -0.2) is 4.79 Å². The van der Waals surface area contributed by atoms with Gasteiger partial charge in [-0.3, -0.25) is 9.59 Å². The van der Waals surface area contributed by atoms with Crippen molar-refractivity contribution in [1.29, 1.82) is 0 Å². The lowest BCUT2D eigenvalue weighted by molar-refractivity contribution is -0.754. The third-order valence-corrected chi connectivity index (χ3v) is 8.72. The lowest BCUT2D eigenvalue weighted by Gasteiger charge is -2.58. The van der Waals surface area contributed by atoms with Crippen LogP contribution in [0.1, 0.15) is 46.0 Å². The molecule has 2 fully saturated rings. The van der Waals surface area contributed by atoms with E-state index in [1.165, 1.54) is 0 Å². The van der Waals surface area contributed by atoms with Gasteiger partial charge in [-0.15, -0.1) is 10.1 Å². The zero-order chi connectivity index (χ0) is 24.2. The van der Waals surface area contributed by atoms with Gasteiger partial charge in [0.15, 0.2) is 19.0 Å². The van der Waals surface area contributed by atoms with Gasteiger partial charge in [0.25, 0.3) is 5.09 Å². The zero-order valence-corrected chi connectivity index (χ0v) is 18.7. The molecule has 2 saturated carbocycles. The number of fused-ring (bicyclic) bond motifs is 5. The van der Waals surface area contributed by atoms with Gasteiger partial charge in [-0.05, 0) is 43.6 Å². The molecule has 0 heterocycles. The number of ketones is 2. The molecule has 4 aliphatic carbocycles. The van der Waals surface area contributed by atoms with Crippen molar-refractivity contribution < 1.29 is 39.3 Å². The van der Waals surface area contributed by atoms with E-state index in [0.29, 0.717) is 19.3 Å². The smallest absolute Gasteiger partial charge is 0.332 e. The Kier molecular flexibility index (Phi) is 5.73. The van der Waals surface area contributed by atoms with E-state index in [4.69, 9.17) is 4.74 Å². The minimum atomic E-state index is -1.79. The maximum absolute atomic E-state index is 13.0. The quantitative estimate of drug-likeness (QED) is 0.257. The largest absolute Gasteiger partial charge is 0.456 e. The Hall–Kier alpha value is -2.59. The number of aliphatic hydroxyl groups is 2. The molecule has 0 bridgehead atoms. The molecule has 10 nitrogen and oxygen atoms in total. The van der Waals surface area contributed by atoms with Gasteiger partial charge in [0.1, 0.15) is 5.60 Å². The predicted octanol–water partition coefficient (Wildman–Crippen LogP) is 1.32. The van der Waals surface area contributed by atoms with Gasteiger partial charge < -0.3 is 19.8 Å². The standard InChI is InChI=1S/C23H29NO9/c1-21-7-5-14(25)9-13(21)3-4-15-16-6-8-23(29,22(16,2)10-17(26)20(15)21)18(27)11-32-19(28)12-33-24(30)31/h3,5,7,15-17,20,26,29H,4,6,8-12H2,1-2H3/t15-,16-,17-,20+,21-,22-,23-/m0/s1. The number of nitrogens with zero attached hydrogens (tertiary/aromatic N) is 1. The summed E-state index contributed by atoms with van der Waals surface area (Å²) in [7, 11) is 0. The number of hydrogen-bond donors (Lipinski definition) is 2. The Morgan fingerprint density at radius 1 is 1.30 bits per heavy atom. The number of carbonyl (C=O) groups excluding carboxylic acids is 3. The van der Waals surface area contributed by atoms with Crippen LogP contribution in [0, 0.1) is 38.7 Å². The topological polar surface area (TPSA) is 153 Å². The van der Waals surface area contributed by atoms with Gasteiger partial charge in [0, 0.05) is 23.2 Å². The van der Waals surface area contributed by atoms with Crippen LogP contribution in [0.15, 0.2) is 23.8 Å². The number of rotatable bonds is 6. The molecule has 7 atom stereocenters. The summed E-state index contributed by atoms with van der Waals surface area (Å²) in [5, 5.41) is 31.9. The SMILES string of the molecule is C[C@]12C=CC(=O)CC1=CC[C@@H]1[C@@H]2[C@@H](O)C[C@@]2(C)[C@H]1CC[C@]2(O)C(=O)COC(=O)CO[N+](=O)[O-]. The van der Waals surface area contributed by atoms with E-state index < -0.39 is 52.6 Å². The normalized spacial score (nSPS) is 41.3. The number of hydrogen-bond acceptors (Lipinski definition) is 9. The highest BCUT2D eigenvalue weighted by Crippen LogP contribution is 2.66. The van der Waals surface area contributed by atoms with Crippen LogP contribution in [0.2, 0.25) is 0 Å². The van der Waals surface area contributed by atoms with Crippen molar-refractivity contribution in [3.8, 4) is 0 Å². The first-order chi connectivity index (χ1) is 15.4. The van der Waals surface area contributed by atoms with Crippen LogP contribution in [0.3, 0.4) is 0 Å². The second-order valence-corrected chi connectivity index (χ2v) is 10.2. The Morgan fingerprint density at radius 2 is 2.03 bits per heavy atom. The molecule has 33 heavy (non-hydrogen) atoms. The van der Waals surface area contributed by atoms with Crippen LogP contribution in [-0.2, 0) is 24.0 Å². The Bertz CT molecular complexity index is 958. The van der Waals surface area contributed by atoms with E-state index in [1.54, 1.807) is 6.08 Å². The Labute approximate surface area is 190 Å². The van der Waals surface area contributed by atoms with Crippen molar-refractivity contribution in [2.75, 3.05) is 13.2 Å². The van der Waals surface area contributed by atoms with Crippen molar-refractivity contribution >= 4 is 17.5 Å². The molecular weight excluding hydrogens is 434 g/mol. The second-order valence-electron chi connectivity index (χ2n) is 10.2. The summed E-state index contributed by atoms with van der Waals surface area (Å²) in [5.74, 6) is -1.88. The summed E-state index contributed by atoms with van der Waals surface area (Å²) in [5.41, 5.74) is -2.15. The summed E-state index contributed by atoms with van der Waals surface area (Å²) < 4.78 is 4.80. The van der Waals surface area contributed by atoms with E-state index >= 15 is 0 Å². The van der Waals surface area contributed by atoms with Crippen molar-refractivity contribution in [2.24, 2.45) is 28.6 Å². The highest BCUT2D eigenvalue weighted by Gasteiger charge is 2.67. The summed E-state index contributed by atoms with van der Waals surface area (Å²) in [6.45, 7) is 2.19. The second kappa shape index (κ2) is 8.02. The number of Topliss-reactive ketones (excluding diaryl/α,β-unsaturated/α-hetero) is 1. The molecule has 4 aliphatic rings. The van der Waals surface area contributed by atoms with Crippen LogP contribution < -0.4 is 0 Å². The van der Waals surface area contributed by atoms with Gasteiger partial charge in [0.2, 0.25) is 5.78 Å². The molecule has 0 spiro atoms. The van der Waals surface area contributed by atoms with Crippen LogP contribution in [0.5, 0.6) is 0 Å². The number of ether oxygens (including phenoxy) is 1. The number of carbonyl (C=O) groups is 3. The van der Waals surface area contributed by atoms with E-state index in [-0.39, 0.29) is 36.4 Å². The third-order valence-electron chi connectivity index (χ3n) is 8.72. The molecular formula is C23H29NO9. The fourth-order valence-corrected chi connectivity index (χ4v) is 7.11.